The van der Waals surface area contributed by atoms with E-state index < -0.39 is 0 Å². The smallest absolute Gasteiger partial charge is 0.227 e. The van der Waals surface area contributed by atoms with Crippen LogP contribution in [0.15, 0.2) is 21.5 Å². The Morgan fingerprint density at radius 2 is 2.12 bits per heavy atom. The molecule has 0 amide bonds. The van der Waals surface area contributed by atoms with Gasteiger partial charge in [-0.3, -0.25) is 4.79 Å². The first-order valence-electron chi connectivity index (χ1n) is 5.56. The van der Waals surface area contributed by atoms with Gasteiger partial charge in [-0.05, 0) is 5.92 Å². The molecule has 1 heterocycles. The molecule has 0 spiro atoms. The maximum atomic E-state index is 11.5. The van der Waals surface area contributed by atoms with Crippen LogP contribution in [-0.4, -0.2) is 11.7 Å². The summed E-state index contributed by atoms with van der Waals surface area (Å²) in [7, 11) is 0. The van der Waals surface area contributed by atoms with Crippen molar-refractivity contribution in [2.24, 2.45) is 5.92 Å². The fraction of sp³-hybridized carbons (Fsp3) is 0.583. The van der Waals surface area contributed by atoms with E-state index in [0.29, 0.717) is 12.5 Å². The highest BCUT2D eigenvalue weighted by molar-refractivity contribution is 5.17. The first-order valence-corrected chi connectivity index (χ1v) is 5.56. The zero-order valence-corrected chi connectivity index (χ0v) is 9.73. The van der Waals surface area contributed by atoms with E-state index in [1.807, 2.05) is 0 Å². The standard InChI is InChI=1S/C12H18O4/c1-3-9(4-2)7-16-12-8-15-10(6-13)5-11(12)14/h5,8-9,13H,3-4,6-7H2,1-2H3. The van der Waals surface area contributed by atoms with Crippen LogP contribution in [0.1, 0.15) is 32.4 Å². The molecule has 0 aliphatic rings. The van der Waals surface area contributed by atoms with Crippen molar-refractivity contribution in [1.29, 1.82) is 0 Å². The third-order valence-electron chi connectivity index (χ3n) is 2.64. The third kappa shape index (κ3) is 3.38. The Morgan fingerprint density at radius 1 is 1.44 bits per heavy atom. The minimum absolute atomic E-state index is 0.212. The zero-order chi connectivity index (χ0) is 12.0. The quantitative estimate of drug-likeness (QED) is 0.805. The topological polar surface area (TPSA) is 59.7 Å². The molecule has 0 aliphatic heterocycles. The second-order valence-electron chi connectivity index (χ2n) is 3.73. The van der Waals surface area contributed by atoms with Crippen LogP contribution in [-0.2, 0) is 6.61 Å². The summed E-state index contributed by atoms with van der Waals surface area (Å²) in [5, 5.41) is 8.77. The molecule has 0 saturated heterocycles. The van der Waals surface area contributed by atoms with Gasteiger partial charge in [0.05, 0.1) is 6.61 Å². The van der Waals surface area contributed by atoms with E-state index in [4.69, 9.17) is 14.3 Å². The summed E-state index contributed by atoms with van der Waals surface area (Å²) in [5.41, 5.74) is -0.249. The Balaban J connectivity index is 2.64. The Morgan fingerprint density at radius 3 is 2.62 bits per heavy atom. The average molecular weight is 226 g/mol. The Kier molecular flexibility index (Phi) is 5.05. The van der Waals surface area contributed by atoms with E-state index >= 15 is 0 Å². The van der Waals surface area contributed by atoms with Gasteiger partial charge < -0.3 is 14.3 Å². The van der Waals surface area contributed by atoms with Crippen molar-refractivity contribution in [3.05, 3.63) is 28.3 Å². The van der Waals surface area contributed by atoms with Crippen molar-refractivity contribution in [3.8, 4) is 5.75 Å². The van der Waals surface area contributed by atoms with Crippen LogP contribution >= 0.6 is 0 Å². The predicted octanol–water partition coefficient (Wildman–Crippen LogP) is 1.95. The van der Waals surface area contributed by atoms with Crippen LogP contribution in [0.5, 0.6) is 5.75 Å². The Labute approximate surface area is 94.9 Å². The molecule has 0 saturated carbocycles. The SMILES string of the molecule is CCC(CC)COc1coc(CO)cc1=O. The molecule has 1 aromatic heterocycles. The van der Waals surface area contributed by atoms with Crippen molar-refractivity contribution in [1.82, 2.24) is 0 Å². The molecule has 1 N–H and O–H groups in total. The fourth-order valence-corrected chi connectivity index (χ4v) is 1.36. The zero-order valence-electron chi connectivity index (χ0n) is 9.73. The lowest BCUT2D eigenvalue weighted by molar-refractivity contribution is 0.220. The fourth-order valence-electron chi connectivity index (χ4n) is 1.36. The molecule has 0 unspecified atom stereocenters. The molecule has 0 bridgehead atoms. The summed E-state index contributed by atoms with van der Waals surface area (Å²) in [4.78, 5) is 11.5. The average Bonchev–Trinajstić information content (AvgIpc) is 2.32. The highest BCUT2D eigenvalue weighted by Crippen LogP contribution is 2.11. The van der Waals surface area contributed by atoms with Crippen LogP contribution in [0.2, 0.25) is 0 Å². The van der Waals surface area contributed by atoms with Crippen LogP contribution in [0.25, 0.3) is 0 Å². The molecular weight excluding hydrogens is 208 g/mol. The molecule has 1 rings (SSSR count). The normalized spacial score (nSPS) is 10.8. The maximum absolute atomic E-state index is 11.5. The van der Waals surface area contributed by atoms with E-state index in [1.165, 1.54) is 12.3 Å². The Bertz CT molecular complexity index is 366. The Hall–Kier alpha value is -1.29. The van der Waals surface area contributed by atoms with Crippen LogP contribution in [0.3, 0.4) is 0 Å². The molecule has 0 aromatic carbocycles. The minimum Gasteiger partial charge on any atom is -0.486 e. The van der Waals surface area contributed by atoms with Gasteiger partial charge in [0.25, 0.3) is 0 Å². The van der Waals surface area contributed by atoms with Crippen molar-refractivity contribution in [2.75, 3.05) is 6.61 Å². The van der Waals surface area contributed by atoms with Gasteiger partial charge in [0.1, 0.15) is 18.6 Å². The number of hydrogen-bond donors (Lipinski definition) is 1. The molecule has 1 aromatic rings. The van der Waals surface area contributed by atoms with Gasteiger partial charge >= 0.3 is 0 Å². The molecule has 0 aliphatic carbocycles. The molecule has 90 valence electrons. The predicted molar refractivity (Wildman–Crippen MR) is 60.5 cm³/mol. The first-order chi connectivity index (χ1) is 7.71. The molecule has 16 heavy (non-hydrogen) atoms. The molecule has 4 heteroatoms. The number of hydrogen-bond acceptors (Lipinski definition) is 4. The van der Waals surface area contributed by atoms with Gasteiger partial charge in [-0.1, -0.05) is 26.7 Å². The van der Waals surface area contributed by atoms with Gasteiger partial charge in [-0.25, -0.2) is 0 Å². The largest absolute Gasteiger partial charge is 0.486 e. The van der Waals surface area contributed by atoms with Gasteiger partial charge in [0.15, 0.2) is 0 Å². The van der Waals surface area contributed by atoms with E-state index in [9.17, 15) is 4.79 Å². The van der Waals surface area contributed by atoms with Gasteiger partial charge in [-0.2, -0.15) is 0 Å². The lowest BCUT2D eigenvalue weighted by atomic mass is 10.1. The monoisotopic (exact) mass is 226 g/mol. The molecule has 4 nitrogen and oxygen atoms in total. The minimum atomic E-state index is -0.276. The van der Waals surface area contributed by atoms with Crippen LogP contribution < -0.4 is 10.2 Å². The molecule has 0 radical (unpaired) electrons. The maximum Gasteiger partial charge on any atom is 0.227 e. The highest BCUT2D eigenvalue weighted by atomic mass is 16.5. The lowest BCUT2D eigenvalue weighted by Crippen LogP contribution is -2.14. The molecular formula is C12H18O4. The van der Waals surface area contributed by atoms with Crippen molar-refractivity contribution in [2.45, 2.75) is 33.3 Å². The van der Waals surface area contributed by atoms with Crippen molar-refractivity contribution < 1.29 is 14.3 Å². The summed E-state index contributed by atoms with van der Waals surface area (Å²) in [6.45, 7) is 4.43. The number of rotatable bonds is 6. The van der Waals surface area contributed by atoms with Gasteiger partial charge in [0, 0.05) is 6.07 Å². The number of aliphatic hydroxyl groups excluding tert-OH is 1. The summed E-state index contributed by atoms with van der Waals surface area (Å²) in [6, 6.07) is 1.25. The second kappa shape index (κ2) is 6.33. The van der Waals surface area contributed by atoms with Crippen molar-refractivity contribution in [3.63, 3.8) is 0 Å². The van der Waals surface area contributed by atoms with E-state index in [1.54, 1.807) is 0 Å². The number of aliphatic hydroxyl groups is 1. The number of ether oxygens (including phenoxy) is 1. The third-order valence-corrected chi connectivity index (χ3v) is 2.64. The summed E-state index contributed by atoms with van der Waals surface area (Å²) in [6.07, 6.45) is 3.31. The van der Waals surface area contributed by atoms with E-state index in [-0.39, 0.29) is 23.5 Å². The summed E-state index contributed by atoms with van der Waals surface area (Å²) < 4.78 is 10.4. The second-order valence-corrected chi connectivity index (χ2v) is 3.73. The van der Waals surface area contributed by atoms with E-state index in [0.717, 1.165) is 12.8 Å². The first kappa shape index (κ1) is 12.8. The van der Waals surface area contributed by atoms with Gasteiger partial charge in [-0.15, -0.1) is 0 Å². The summed E-state index contributed by atoms with van der Waals surface area (Å²) in [5.74, 6) is 0.918. The molecule has 0 atom stereocenters. The van der Waals surface area contributed by atoms with E-state index in [2.05, 4.69) is 13.8 Å². The van der Waals surface area contributed by atoms with Crippen LogP contribution in [0, 0.1) is 5.92 Å². The van der Waals surface area contributed by atoms with Crippen molar-refractivity contribution >= 4 is 0 Å². The van der Waals surface area contributed by atoms with Crippen LogP contribution in [0.4, 0.5) is 0 Å². The highest BCUT2D eigenvalue weighted by Gasteiger charge is 2.08. The van der Waals surface area contributed by atoms with Gasteiger partial charge in [0.2, 0.25) is 11.2 Å². The summed E-state index contributed by atoms with van der Waals surface area (Å²) >= 11 is 0. The lowest BCUT2D eigenvalue weighted by Gasteiger charge is -2.12. The molecule has 0 fully saturated rings.